The summed E-state index contributed by atoms with van der Waals surface area (Å²) < 4.78 is 20.2. The van der Waals surface area contributed by atoms with Crippen molar-refractivity contribution in [2.24, 2.45) is 0 Å². The van der Waals surface area contributed by atoms with E-state index >= 15 is 0 Å². The number of esters is 1. The van der Waals surface area contributed by atoms with Crippen LogP contribution in [0.15, 0.2) is 28.8 Å². The van der Waals surface area contributed by atoms with Gasteiger partial charge in [0.1, 0.15) is 5.75 Å². The zero-order valence-corrected chi connectivity index (χ0v) is 14.9. The number of hydrogen-bond donors (Lipinski definition) is 1. The van der Waals surface area contributed by atoms with Gasteiger partial charge < -0.3 is 24.1 Å². The summed E-state index contributed by atoms with van der Waals surface area (Å²) in [7, 11) is 1.54. The van der Waals surface area contributed by atoms with Gasteiger partial charge in [-0.1, -0.05) is 5.16 Å². The highest BCUT2D eigenvalue weighted by Crippen LogP contribution is 2.14. The van der Waals surface area contributed by atoms with Gasteiger partial charge >= 0.3 is 5.97 Å². The lowest BCUT2D eigenvalue weighted by atomic mass is 10.2. The number of benzene rings is 1. The molecule has 1 N–H and O–H groups in total. The number of ether oxygens (including phenoxy) is 3. The molecule has 0 bridgehead atoms. The third-order valence-corrected chi connectivity index (χ3v) is 3.19. The lowest BCUT2D eigenvalue weighted by molar-refractivity contribution is -0.125. The molecule has 0 saturated carbocycles. The molecular formula is C17H21N3O6. The first-order chi connectivity index (χ1) is 12.5. The number of carbonyl (C=O) groups excluding carboxylic acids is 2. The van der Waals surface area contributed by atoms with Crippen LogP contribution < -0.4 is 10.1 Å². The number of aryl methyl sites for hydroxylation is 1. The maximum atomic E-state index is 12.0. The molecule has 0 aliphatic carbocycles. The van der Waals surface area contributed by atoms with Crippen molar-refractivity contribution >= 4 is 11.9 Å². The summed E-state index contributed by atoms with van der Waals surface area (Å²) in [5, 5.41) is 6.37. The molecule has 0 fully saturated rings. The molecule has 0 radical (unpaired) electrons. The van der Waals surface area contributed by atoms with Crippen molar-refractivity contribution < 1.29 is 28.3 Å². The molecular weight excluding hydrogens is 342 g/mol. The molecule has 1 unspecified atom stereocenters. The van der Waals surface area contributed by atoms with Crippen molar-refractivity contribution in [2.75, 3.05) is 20.3 Å². The number of aromatic nitrogens is 2. The highest BCUT2D eigenvalue weighted by atomic mass is 16.5. The predicted molar refractivity (Wildman–Crippen MR) is 89.6 cm³/mol. The third-order valence-electron chi connectivity index (χ3n) is 3.19. The molecule has 1 amide bonds. The van der Waals surface area contributed by atoms with Crippen molar-refractivity contribution in [1.82, 2.24) is 15.5 Å². The van der Waals surface area contributed by atoms with Crippen molar-refractivity contribution in [3.05, 3.63) is 41.5 Å². The molecule has 0 saturated heterocycles. The Morgan fingerprint density at radius 3 is 2.62 bits per heavy atom. The second-order valence-electron chi connectivity index (χ2n) is 5.54. The first kappa shape index (κ1) is 19.4. The summed E-state index contributed by atoms with van der Waals surface area (Å²) >= 11 is 0. The zero-order valence-electron chi connectivity index (χ0n) is 14.9. The molecule has 0 aliphatic rings. The number of carbonyl (C=O) groups is 2. The molecule has 0 spiro atoms. The van der Waals surface area contributed by atoms with Gasteiger partial charge in [-0.25, -0.2) is 4.79 Å². The van der Waals surface area contributed by atoms with Gasteiger partial charge in [-0.3, -0.25) is 4.79 Å². The van der Waals surface area contributed by atoms with Gasteiger partial charge in [0.25, 0.3) is 5.91 Å². The van der Waals surface area contributed by atoms with Gasteiger partial charge in [0, 0.05) is 20.1 Å². The minimum atomic E-state index is -0.597. The number of nitrogens with one attached hydrogen (secondary N) is 1. The Kier molecular flexibility index (Phi) is 7.10. The second-order valence-corrected chi connectivity index (χ2v) is 5.54. The summed E-state index contributed by atoms with van der Waals surface area (Å²) in [6.07, 6.45) is 0. The van der Waals surface area contributed by atoms with E-state index in [-0.39, 0.29) is 19.3 Å². The average Bonchev–Trinajstić information content (AvgIpc) is 3.04. The van der Waals surface area contributed by atoms with E-state index in [1.54, 1.807) is 45.2 Å². The highest BCUT2D eigenvalue weighted by molar-refractivity contribution is 5.91. The summed E-state index contributed by atoms with van der Waals surface area (Å²) in [5.74, 6) is 0.440. The van der Waals surface area contributed by atoms with Crippen molar-refractivity contribution in [1.29, 1.82) is 0 Å². The smallest absolute Gasteiger partial charge is 0.338 e. The molecule has 0 aliphatic heterocycles. The fourth-order valence-corrected chi connectivity index (χ4v) is 2.06. The molecule has 1 aromatic heterocycles. The molecule has 1 heterocycles. The van der Waals surface area contributed by atoms with Gasteiger partial charge in [-0.2, -0.15) is 4.98 Å². The molecule has 140 valence electrons. The minimum absolute atomic E-state index is 0.154. The average molecular weight is 363 g/mol. The number of amides is 1. The lowest BCUT2D eigenvalue weighted by Crippen LogP contribution is -2.38. The normalized spacial score (nSPS) is 11.7. The molecule has 2 aromatic rings. The summed E-state index contributed by atoms with van der Waals surface area (Å²) in [4.78, 5) is 27.6. The van der Waals surface area contributed by atoms with E-state index in [2.05, 4.69) is 15.5 Å². The maximum absolute atomic E-state index is 12.0. The Morgan fingerprint density at radius 1 is 1.27 bits per heavy atom. The van der Waals surface area contributed by atoms with E-state index in [4.69, 9.17) is 18.7 Å². The lowest BCUT2D eigenvalue weighted by Gasteiger charge is -2.12. The van der Waals surface area contributed by atoms with Crippen LogP contribution in [0.5, 0.6) is 5.75 Å². The Bertz CT molecular complexity index is 728. The topological polar surface area (TPSA) is 113 Å². The minimum Gasteiger partial charge on any atom is -0.485 e. The van der Waals surface area contributed by atoms with Gasteiger partial charge in [-0.15, -0.1) is 0 Å². The molecule has 1 atom stereocenters. The van der Waals surface area contributed by atoms with E-state index in [1.165, 1.54) is 0 Å². The highest BCUT2D eigenvalue weighted by Gasteiger charge is 2.12. The van der Waals surface area contributed by atoms with E-state index in [0.29, 0.717) is 29.6 Å². The molecule has 2 rings (SSSR count). The van der Waals surface area contributed by atoms with Crippen LogP contribution in [-0.2, 0) is 20.9 Å². The molecule has 26 heavy (non-hydrogen) atoms. The molecule has 1 aromatic carbocycles. The van der Waals surface area contributed by atoms with E-state index in [9.17, 15) is 9.59 Å². The molecule has 9 heteroatoms. The number of hydrogen-bond acceptors (Lipinski definition) is 8. The van der Waals surface area contributed by atoms with Crippen LogP contribution in [0, 0.1) is 6.92 Å². The standard InChI is InChI=1S/C17H21N3O6/c1-11(8-23-3)18-16(21)10-25-17(22)13-4-6-14(7-5-13)24-9-15-19-12(2)26-20-15/h4-7,11H,8-10H2,1-3H3,(H,18,21). The largest absolute Gasteiger partial charge is 0.485 e. The zero-order chi connectivity index (χ0) is 18.9. The van der Waals surface area contributed by atoms with Crippen LogP contribution in [0.1, 0.15) is 29.0 Å². The van der Waals surface area contributed by atoms with E-state index in [0.717, 1.165) is 0 Å². The van der Waals surface area contributed by atoms with Gasteiger partial charge in [0.15, 0.2) is 13.2 Å². The maximum Gasteiger partial charge on any atom is 0.338 e. The fraction of sp³-hybridized carbons (Fsp3) is 0.412. The number of rotatable bonds is 9. The van der Waals surface area contributed by atoms with Gasteiger partial charge in [0.2, 0.25) is 11.7 Å². The van der Waals surface area contributed by atoms with Gasteiger partial charge in [-0.05, 0) is 31.2 Å². The Labute approximate surface area is 150 Å². The number of nitrogens with zero attached hydrogens (tertiary/aromatic N) is 2. The van der Waals surface area contributed by atoms with Crippen molar-refractivity contribution in [3.8, 4) is 5.75 Å². The van der Waals surface area contributed by atoms with Gasteiger partial charge in [0.05, 0.1) is 12.2 Å². The molecule has 9 nitrogen and oxygen atoms in total. The summed E-state index contributed by atoms with van der Waals surface area (Å²) in [6, 6.07) is 6.16. The third kappa shape index (κ3) is 6.17. The van der Waals surface area contributed by atoms with Crippen LogP contribution in [-0.4, -0.2) is 48.4 Å². The predicted octanol–water partition coefficient (Wildman–Crippen LogP) is 1.26. The monoisotopic (exact) mass is 363 g/mol. The van der Waals surface area contributed by atoms with Crippen molar-refractivity contribution in [2.45, 2.75) is 26.5 Å². The Balaban J connectivity index is 1.77. The second kappa shape index (κ2) is 9.52. The first-order valence-corrected chi connectivity index (χ1v) is 7.95. The first-order valence-electron chi connectivity index (χ1n) is 7.95. The fourth-order valence-electron chi connectivity index (χ4n) is 2.06. The number of methoxy groups -OCH3 is 1. The van der Waals surface area contributed by atoms with E-state index in [1.807, 2.05) is 0 Å². The SMILES string of the molecule is COCC(C)NC(=O)COC(=O)c1ccc(OCc2noc(C)n2)cc1. The van der Waals surface area contributed by atoms with Crippen molar-refractivity contribution in [3.63, 3.8) is 0 Å². The summed E-state index contributed by atoms with van der Waals surface area (Å²) in [6.45, 7) is 3.65. The van der Waals surface area contributed by atoms with E-state index < -0.39 is 11.9 Å². The summed E-state index contributed by atoms with van der Waals surface area (Å²) in [5.41, 5.74) is 0.311. The Morgan fingerprint density at radius 2 is 2.00 bits per heavy atom. The van der Waals surface area contributed by atoms with Crippen LogP contribution in [0.4, 0.5) is 0 Å². The van der Waals surface area contributed by atoms with Crippen LogP contribution >= 0.6 is 0 Å². The van der Waals surface area contributed by atoms with Crippen LogP contribution in [0.25, 0.3) is 0 Å². The van der Waals surface area contributed by atoms with Crippen LogP contribution in [0.3, 0.4) is 0 Å². The Hall–Kier alpha value is -2.94. The quantitative estimate of drug-likeness (QED) is 0.663. The van der Waals surface area contributed by atoms with Crippen LogP contribution in [0.2, 0.25) is 0 Å².